The van der Waals surface area contributed by atoms with Gasteiger partial charge < -0.3 is 14.1 Å². The van der Waals surface area contributed by atoms with Gasteiger partial charge in [0, 0.05) is 61.3 Å². The molecule has 2 fully saturated rings. The van der Waals surface area contributed by atoms with Crippen LogP contribution in [0, 0.1) is 17.0 Å². The van der Waals surface area contributed by atoms with Crippen molar-refractivity contribution in [2.24, 2.45) is 5.41 Å². The number of ether oxygens (including phenoxy) is 1. The summed E-state index contributed by atoms with van der Waals surface area (Å²) in [5.74, 6) is -1.33. The number of aromatic nitrogens is 3. The Morgan fingerprint density at radius 1 is 1.06 bits per heavy atom. The molecule has 2 aliphatic heterocycles. The number of amides is 1. The van der Waals surface area contributed by atoms with Crippen LogP contribution in [0.5, 0.6) is 0 Å². The lowest BCUT2D eigenvalue weighted by atomic mass is 9.72. The summed E-state index contributed by atoms with van der Waals surface area (Å²) >= 11 is 0. The zero-order valence-corrected chi connectivity index (χ0v) is 16.6. The fraction of sp³-hybridized carbons (Fsp3) is 0.364. The van der Waals surface area contributed by atoms with Crippen LogP contribution in [0.4, 0.5) is 8.78 Å². The molecule has 7 nitrogen and oxygen atoms in total. The van der Waals surface area contributed by atoms with Crippen molar-refractivity contribution < 1.29 is 22.7 Å². The molecule has 31 heavy (non-hydrogen) atoms. The van der Waals surface area contributed by atoms with Crippen LogP contribution in [0.15, 0.2) is 47.1 Å². The highest BCUT2D eigenvalue weighted by atomic mass is 19.1. The highest BCUT2D eigenvalue weighted by Gasteiger charge is 2.51. The Hall–Kier alpha value is -3.20. The number of carbonyl (C=O) groups is 1. The first-order valence-electron chi connectivity index (χ1n) is 10.1. The van der Waals surface area contributed by atoms with Crippen molar-refractivity contribution in [1.82, 2.24) is 20.1 Å². The Morgan fingerprint density at radius 2 is 1.77 bits per heavy atom. The Balaban J connectivity index is 1.46. The first-order valence-corrected chi connectivity index (χ1v) is 10.1. The number of likely N-dealkylation sites (tertiary alicyclic amines) is 1. The molecular weight excluding hydrogens is 406 g/mol. The van der Waals surface area contributed by atoms with E-state index in [0.29, 0.717) is 38.1 Å². The predicted octanol–water partition coefficient (Wildman–Crippen LogP) is 3.45. The lowest BCUT2D eigenvalue weighted by Crippen LogP contribution is -2.37. The SMILES string of the molecule is O=C(c1cc(F)cc(F)c1)N1CC(c2nnc(-c3ccncc3)o2)C2(CCOCC2)C1. The van der Waals surface area contributed by atoms with E-state index >= 15 is 0 Å². The maximum atomic E-state index is 13.7. The topological polar surface area (TPSA) is 81.4 Å². The smallest absolute Gasteiger partial charge is 0.254 e. The molecule has 3 aromatic rings. The lowest BCUT2D eigenvalue weighted by molar-refractivity contribution is 0.00908. The average Bonchev–Trinajstić information content (AvgIpc) is 3.39. The molecule has 4 heterocycles. The van der Waals surface area contributed by atoms with Crippen LogP contribution in [-0.2, 0) is 4.74 Å². The molecule has 5 rings (SSSR count). The van der Waals surface area contributed by atoms with Crippen LogP contribution in [0.2, 0.25) is 0 Å². The minimum Gasteiger partial charge on any atom is -0.420 e. The van der Waals surface area contributed by atoms with Gasteiger partial charge in [-0.25, -0.2) is 8.78 Å². The van der Waals surface area contributed by atoms with E-state index in [1.54, 1.807) is 29.4 Å². The molecule has 0 saturated carbocycles. The van der Waals surface area contributed by atoms with Gasteiger partial charge in [0.2, 0.25) is 11.8 Å². The number of hydrogen-bond acceptors (Lipinski definition) is 6. The first-order chi connectivity index (χ1) is 15.0. The number of nitrogens with zero attached hydrogens (tertiary/aromatic N) is 4. The van der Waals surface area contributed by atoms with Gasteiger partial charge in [0.05, 0.1) is 5.92 Å². The molecule has 0 N–H and O–H groups in total. The highest BCUT2D eigenvalue weighted by Crippen LogP contribution is 2.49. The summed E-state index contributed by atoms with van der Waals surface area (Å²) in [6.45, 7) is 1.90. The summed E-state index contributed by atoms with van der Waals surface area (Å²) in [7, 11) is 0. The molecule has 1 amide bonds. The van der Waals surface area contributed by atoms with E-state index in [-0.39, 0.29) is 16.9 Å². The van der Waals surface area contributed by atoms with E-state index in [0.717, 1.165) is 36.6 Å². The zero-order valence-electron chi connectivity index (χ0n) is 16.6. The van der Waals surface area contributed by atoms with Gasteiger partial charge in [-0.3, -0.25) is 9.78 Å². The average molecular weight is 426 g/mol. The van der Waals surface area contributed by atoms with Crippen molar-refractivity contribution in [2.75, 3.05) is 26.3 Å². The second-order valence-corrected chi connectivity index (χ2v) is 8.05. The number of hydrogen-bond donors (Lipinski definition) is 0. The molecule has 1 spiro atoms. The summed E-state index contributed by atoms with van der Waals surface area (Å²) in [4.78, 5) is 18.7. The molecule has 2 saturated heterocycles. The van der Waals surface area contributed by atoms with Crippen LogP contribution < -0.4 is 0 Å². The van der Waals surface area contributed by atoms with Crippen molar-refractivity contribution in [3.8, 4) is 11.5 Å². The molecule has 2 aliphatic rings. The standard InChI is InChI=1S/C22H20F2N4O3/c23-16-9-15(10-17(24)11-16)21(29)28-12-18(22(13-28)3-7-30-8-4-22)20-27-26-19(31-20)14-1-5-25-6-2-14/h1-2,5-6,9-11,18H,3-4,7-8,12-13H2. The molecule has 0 bridgehead atoms. The minimum absolute atomic E-state index is 0.0108. The maximum absolute atomic E-state index is 13.7. The van der Waals surface area contributed by atoms with Gasteiger partial charge in [-0.1, -0.05) is 0 Å². The number of carbonyl (C=O) groups excluding carboxylic acids is 1. The minimum atomic E-state index is -0.779. The molecule has 1 aromatic carbocycles. The van der Waals surface area contributed by atoms with Gasteiger partial charge >= 0.3 is 0 Å². The van der Waals surface area contributed by atoms with Crippen molar-refractivity contribution in [3.05, 3.63) is 65.8 Å². The summed E-state index contributed by atoms with van der Waals surface area (Å²) in [5, 5.41) is 8.46. The Morgan fingerprint density at radius 3 is 2.48 bits per heavy atom. The summed E-state index contributed by atoms with van der Waals surface area (Å²) in [6, 6.07) is 6.44. The number of pyridine rings is 1. The first kappa shape index (κ1) is 19.7. The van der Waals surface area contributed by atoms with Gasteiger partial charge in [-0.05, 0) is 37.1 Å². The molecule has 2 aromatic heterocycles. The Bertz CT molecular complexity index is 1080. The number of rotatable bonds is 3. The Labute approximate surface area is 177 Å². The quantitative estimate of drug-likeness (QED) is 0.638. The van der Waals surface area contributed by atoms with E-state index in [4.69, 9.17) is 9.15 Å². The third kappa shape index (κ3) is 3.69. The van der Waals surface area contributed by atoms with Crippen molar-refractivity contribution in [2.45, 2.75) is 18.8 Å². The van der Waals surface area contributed by atoms with E-state index < -0.39 is 17.5 Å². The van der Waals surface area contributed by atoms with Crippen molar-refractivity contribution in [1.29, 1.82) is 0 Å². The zero-order chi connectivity index (χ0) is 21.4. The normalized spacial score (nSPS) is 20.3. The molecule has 9 heteroatoms. The molecule has 160 valence electrons. The van der Waals surface area contributed by atoms with E-state index in [2.05, 4.69) is 15.2 Å². The van der Waals surface area contributed by atoms with Gasteiger partial charge in [-0.15, -0.1) is 10.2 Å². The number of benzene rings is 1. The molecule has 0 aliphatic carbocycles. The van der Waals surface area contributed by atoms with Gasteiger partial charge in [0.15, 0.2) is 0 Å². The van der Waals surface area contributed by atoms with Crippen LogP contribution >= 0.6 is 0 Å². The molecular formula is C22H20F2N4O3. The monoisotopic (exact) mass is 426 g/mol. The molecule has 0 radical (unpaired) electrons. The highest BCUT2D eigenvalue weighted by molar-refractivity contribution is 5.94. The Kier molecular flexibility index (Phi) is 4.97. The van der Waals surface area contributed by atoms with Crippen LogP contribution in [0.1, 0.15) is 35.0 Å². The second kappa shape index (κ2) is 7.81. The van der Waals surface area contributed by atoms with Crippen molar-refractivity contribution in [3.63, 3.8) is 0 Å². The maximum Gasteiger partial charge on any atom is 0.254 e. The summed E-state index contributed by atoms with van der Waals surface area (Å²) < 4.78 is 38.9. The third-order valence-electron chi connectivity index (χ3n) is 6.20. The fourth-order valence-electron chi connectivity index (χ4n) is 4.59. The molecule has 1 atom stereocenters. The summed E-state index contributed by atoms with van der Waals surface area (Å²) in [6.07, 6.45) is 4.75. The van der Waals surface area contributed by atoms with Gasteiger partial charge in [0.25, 0.3) is 5.91 Å². The van der Waals surface area contributed by atoms with Gasteiger partial charge in [-0.2, -0.15) is 0 Å². The van der Waals surface area contributed by atoms with E-state index in [9.17, 15) is 13.6 Å². The third-order valence-corrected chi connectivity index (χ3v) is 6.20. The summed E-state index contributed by atoms with van der Waals surface area (Å²) in [5.41, 5.74) is 0.460. The fourth-order valence-corrected chi connectivity index (χ4v) is 4.59. The number of halogens is 2. The van der Waals surface area contributed by atoms with E-state index in [1.807, 2.05) is 0 Å². The van der Waals surface area contributed by atoms with Crippen LogP contribution in [-0.4, -0.2) is 52.3 Å². The largest absolute Gasteiger partial charge is 0.420 e. The lowest BCUT2D eigenvalue weighted by Gasteiger charge is -2.36. The van der Waals surface area contributed by atoms with Crippen LogP contribution in [0.3, 0.4) is 0 Å². The molecule has 1 unspecified atom stereocenters. The van der Waals surface area contributed by atoms with Crippen LogP contribution in [0.25, 0.3) is 11.5 Å². The predicted molar refractivity (Wildman–Crippen MR) is 105 cm³/mol. The van der Waals surface area contributed by atoms with E-state index in [1.165, 1.54) is 0 Å². The van der Waals surface area contributed by atoms with Crippen molar-refractivity contribution >= 4 is 5.91 Å². The van der Waals surface area contributed by atoms with Gasteiger partial charge in [0.1, 0.15) is 11.6 Å². The second-order valence-electron chi connectivity index (χ2n) is 8.05.